The van der Waals surface area contributed by atoms with Gasteiger partial charge in [-0.15, -0.1) is 0 Å². The van der Waals surface area contributed by atoms with Crippen molar-refractivity contribution in [3.05, 3.63) is 0 Å². The second-order valence-corrected chi connectivity index (χ2v) is 7.32. The molecular weight excluding hydrogens is 268 g/mol. The van der Waals surface area contributed by atoms with Crippen LogP contribution < -0.4 is 0 Å². The molecular formula is C8H17BrN2O2S. The van der Waals surface area contributed by atoms with Gasteiger partial charge in [0, 0.05) is 19.1 Å². The van der Waals surface area contributed by atoms with Crippen LogP contribution in [0.2, 0.25) is 0 Å². The first kappa shape index (κ1) is 12.4. The maximum atomic E-state index is 11.6. The van der Waals surface area contributed by atoms with Crippen LogP contribution in [0.5, 0.6) is 0 Å². The van der Waals surface area contributed by atoms with Crippen LogP contribution in [0, 0.1) is 5.92 Å². The summed E-state index contributed by atoms with van der Waals surface area (Å²) in [5.41, 5.74) is 0. The van der Waals surface area contributed by atoms with Gasteiger partial charge < -0.3 is 4.90 Å². The number of sulfonamides is 1. The second-order valence-electron chi connectivity index (χ2n) is 4.05. The van der Waals surface area contributed by atoms with Crippen molar-refractivity contribution in [1.82, 2.24) is 9.21 Å². The summed E-state index contributed by atoms with van der Waals surface area (Å²) in [5.74, 6) is 0.402. The molecule has 1 aliphatic rings. The van der Waals surface area contributed by atoms with Gasteiger partial charge in [-0.3, -0.25) is 0 Å². The van der Waals surface area contributed by atoms with E-state index in [1.165, 1.54) is 0 Å². The number of nitrogens with zero attached hydrogens (tertiary/aromatic N) is 2. The van der Waals surface area contributed by atoms with Gasteiger partial charge in [-0.2, -0.15) is 4.31 Å². The molecule has 1 rings (SSSR count). The maximum Gasteiger partial charge on any atom is 0.224 e. The van der Waals surface area contributed by atoms with Crippen molar-refractivity contribution in [1.29, 1.82) is 0 Å². The minimum absolute atomic E-state index is 0.0207. The van der Waals surface area contributed by atoms with Gasteiger partial charge in [-0.25, -0.2) is 8.42 Å². The average molecular weight is 285 g/mol. The van der Waals surface area contributed by atoms with Gasteiger partial charge in [-0.1, -0.05) is 22.9 Å². The molecule has 0 radical (unpaired) electrons. The Hall–Kier alpha value is 0.350. The SMILES string of the molecule is CC1CN(S(=O)(=O)CBr)CC1N(C)C. The lowest BCUT2D eigenvalue weighted by Gasteiger charge is -2.22. The Morgan fingerprint density at radius 2 is 2.00 bits per heavy atom. The number of likely N-dealkylation sites (N-methyl/N-ethyl adjacent to an activating group) is 1. The first-order chi connectivity index (χ1) is 6.38. The summed E-state index contributed by atoms with van der Waals surface area (Å²) in [6.07, 6.45) is 0. The molecule has 1 saturated heterocycles. The monoisotopic (exact) mass is 284 g/mol. The largest absolute Gasteiger partial charge is 0.305 e. The highest BCUT2D eigenvalue weighted by Gasteiger charge is 2.36. The van der Waals surface area contributed by atoms with Gasteiger partial charge in [0.1, 0.15) is 4.66 Å². The lowest BCUT2D eigenvalue weighted by Crippen LogP contribution is -2.36. The quantitative estimate of drug-likeness (QED) is 0.711. The summed E-state index contributed by atoms with van der Waals surface area (Å²) in [6, 6.07) is 0.337. The summed E-state index contributed by atoms with van der Waals surface area (Å²) in [4.78, 5) is 2.09. The third kappa shape index (κ3) is 2.48. The number of hydrogen-bond donors (Lipinski definition) is 0. The smallest absolute Gasteiger partial charge is 0.224 e. The van der Waals surface area contributed by atoms with Gasteiger partial charge in [0.15, 0.2) is 0 Å². The minimum Gasteiger partial charge on any atom is -0.305 e. The average Bonchev–Trinajstić information content (AvgIpc) is 2.48. The molecule has 14 heavy (non-hydrogen) atoms. The number of rotatable bonds is 3. The van der Waals surface area contributed by atoms with E-state index in [9.17, 15) is 8.42 Å². The van der Waals surface area contributed by atoms with Crippen molar-refractivity contribution < 1.29 is 8.42 Å². The number of halogens is 1. The fraction of sp³-hybridized carbons (Fsp3) is 1.00. The third-order valence-corrected chi connectivity index (χ3v) is 5.83. The molecule has 0 aliphatic carbocycles. The highest BCUT2D eigenvalue weighted by atomic mass is 79.9. The van der Waals surface area contributed by atoms with E-state index in [1.54, 1.807) is 4.31 Å². The molecule has 1 fully saturated rings. The predicted molar refractivity (Wildman–Crippen MR) is 60.9 cm³/mol. The zero-order valence-electron chi connectivity index (χ0n) is 8.77. The van der Waals surface area contributed by atoms with Crippen LogP contribution in [0.15, 0.2) is 0 Å². The molecule has 0 spiro atoms. The van der Waals surface area contributed by atoms with Crippen molar-refractivity contribution in [3.63, 3.8) is 0 Å². The van der Waals surface area contributed by atoms with Crippen molar-refractivity contribution in [2.75, 3.05) is 31.8 Å². The molecule has 4 nitrogen and oxygen atoms in total. The van der Waals surface area contributed by atoms with Gasteiger partial charge >= 0.3 is 0 Å². The molecule has 1 aliphatic heterocycles. The molecule has 84 valence electrons. The van der Waals surface area contributed by atoms with Crippen LogP contribution in [0.4, 0.5) is 0 Å². The van der Waals surface area contributed by atoms with E-state index in [1.807, 2.05) is 14.1 Å². The van der Waals surface area contributed by atoms with Crippen molar-refractivity contribution in [2.24, 2.45) is 5.92 Å². The molecule has 0 aromatic carbocycles. The van der Waals surface area contributed by atoms with Crippen LogP contribution in [0.3, 0.4) is 0 Å². The molecule has 0 bridgehead atoms. The van der Waals surface area contributed by atoms with E-state index in [2.05, 4.69) is 27.8 Å². The van der Waals surface area contributed by atoms with Gasteiger partial charge in [0.25, 0.3) is 0 Å². The Morgan fingerprint density at radius 3 is 2.36 bits per heavy atom. The van der Waals surface area contributed by atoms with Gasteiger partial charge in [0.2, 0.25) is 10.0 Å². The molecule has 2 atom stereocenters. The number of alkyl halides is 1. The normalized spacial score (nSPS) is 30.1. The molecule has 0 saturated carbocycles. The molecule has 6 heteroatoms. The van der Waals surface area contributed by atoms with E-state index >= 15 is 0 Å². The van der Waals surface area contributed by atoms with Crippen molar-refractivity contribution in [2.45, 2.75) is 13.0 Å². The first-order valence-corrected chi connectivity index (χ1v) is 7.31. The fourth-order valence-electron chi connectivity index (χ4n) is 1.87. The van der Waals surface area contributed by atoms with Gasteiger partial charge in [0.05, 0.1) is 0 Å². The Morgan fingerprint density at radius 1 is 1.43 bits per heavy atom. The predicted octanol–water partition coefficient (Wildman–Crippen LogP) is 0.551. The van der Waals surface area contributed by atoms with Crippen LogP contribution >= 0.6 is 15.9 Å². The van der Waals surface area contributed by atoms with E-state index in [0.29, 0.717) is 25.0 Å². The van der Waals surface area contributed by atoms with E-state index in [0.717, 1.165) is 0 Å². The summed E-state index contributed by atoms with van der Waals surface area (Å²) in [6.45, 7) is 3.34. The van der Waals surface area contributed by atoms with E-state index < -0.39 is 10.0 Å². The topological polar surface area (TPSA) is 40.6 Å². The Labute approximate surface area is 94.4 Å². The summed E-state index contributed by atoms with van der Waals surface area (Å²) < 4.78 is 24.7. The molecule has 0 amide bonds. The Balaban J connectivity index is 2.73. The molecule has 0 N–H and O–H groups in total. The zero-order chi connectivity index (χ0) is 10.9. The van der Waals surface area contributed by atoms with Gasteiger partial charge in [-0.05, 0) is 20.0 Å². The Kier molecular flexibility index (Phi) is 3.96. The Bertz CT molecular complexity index is 292. The molecule has 1 heterocycles. The second kappa shape index (κ2) is 4.47. The van der Waals surface area contributed by atoms with Crippen LogP contribution in [0.1, 0.15) is 6.92 Å². The molecule has 2 unspecified atom stereocenters. The summed E-state index contributed by atoms with van der Waals surface area (Å²) in [7, 11) is 0.909. The standard InChI is InChI=1S/C8H17BrN2O2S/c1-7-4-11(14(12,13)6-9)5-8(7)10(2)3/h7-8H,4-6H2,1-3H3. The minimum atomic E-state index is -3.07. The fourth-order valence-corrected chi connectivity index (χ4v) is 3.72. The zero-order valence-corrected chi connectivity index (χ0v) is 11.2. The van der Waals surface area contributed by atoms with E-state index in [-0.39, 0.29) is 4.66 Å². The summed E-state index contributed by atoms with van der Waals surface area (Å²) in [5, 5.41) is 0. The molecule has 0 aromatic rings. The van der Waals surface area contributed by atoms with Crippen molar-refractivity contribution >= 4 is 26.0 Å². The highest BCUT2D eigenvalue weighted by molar-refractivity contribution is 9.10. The maximum absolute atomic E-state index is 11.6. The lowest BCUT2D eigenvalue weighted by molar-refractivity contribution is 0.263. The summed E-state index contributed by atoms with van der Waals surface area (Å²) >= 11 is 3.01. The number of hydrogen-bond acceptors (Lipinski definition) is 3. The van der Waals surface area contributed by atoms with Crippen LogP contribution in [-0.4, -0.2) is 55.5 Å². The van der Waals surface area contributed by atoms with Crippen LogP contribution in [0.25, 0.3) is 0 Å². The third-order valence-electron chi connectivity index (χ3n) is 2.73. The van der Waals surface area contributed by atoms with E-state index in [4.69, 9.17) is 0 Å². The highest BCUT2D eigenvalue weighted by Crippen LogP contribution is 2.23. The van der Waals surface area contributed by atoms with Crippen LogP contribution in [-0.2, 0) is 10.0 Å². The lowest BCUT2D eigenvalue weighted by atomic mass is 10.1. The first-order valence-electron chi connectivity index (χ1n) is 4.58. The molecule has 0 aromatic heterocycles. The van der Waals surface area contributed by atoms with Crippen molar-refractivity contribution in [3.8, 4) is 0 Å².